The minimum atomic E-state index is -1.21. The first-order valence-corrected chi connectivity index (χ1v) is 7.20. The molecule has 0 aromatic heterocycles. The second-order valence-corrected chi connectivity index (χ2v) is 7.58. The van der Waals surface area contributed by atoms with Gasteiger partial charge >= 0.3 is 0 Å². The van der Waals surface area contributed by atoms with Gasteiger partial charge in [-0.25, -0.2) is 0 Å². The molecular weight excluding hydrogens is 264 g/mol. The molecule has 0 aliphatic heterocycles. The molecule has 0 heterocycles. The van der Waals surface area contributed by atoms with Crippen molar-refractivity contribution in [3.05, 3.63) is 39.4 Å². The van der Waals surface area contributed by atoms with Crippen LogP contribution >= 0.6 is 0 Å². The fourth-order valence-electron chi connectivity index (χ4n) is 1.55. The van der Waals surface area contributed by atoms with Crippen LogP contribution in [0.1, 0.15) is 44.9 Å². The first-order valence-electron chi connectivity index (χ1n) is 6.05. The smallest absolute Gasteiger partial charge is 0.270 e. The van der Waals surface area contributed by atoms with Crippen molar-refractivity contribution in [1.29, 1.82) is 0 Å². The van der Waals surface area contributed by atoms with Gasteiger partial charge in [-0.2, -0.15) is 0 Å². The largest absolute Gasteiger partial charge is 0.598 e. The molecule has 1 rings (SSSR count). The molecule has 0 fully saturated rings. The summed E-state index contributed by atoms with van der Waals surface area (Å²) in [5.41, 5.74) is 1.65. The average molecular weight is 284 g/mol. The molecule has 0 aliphatic rings. The van der Waals surface area contributed by atoms with Crippen molar-refractivity contribution in [1.82, 2.24) is 4.72 Å². The summed E-state index contributed by atoms with van der Waals surface area (Å²) in [5.74, 6) is 0. The lowest BCUT2D eigenvalue weighted by Gasteiger charge is -2.26. The number of non-ortho nitro benzene ring substituents is 1. The van der Waals surface area contributed by atoms with Gasteiger partial charge in [0.2, 0.25) is 0 Å². The lowest BCUT2D eigenvalue weighted by Crippen LogP contribution is -2.40. The number of hydrogen-bond donors (Lipinski definition) is 1. The van der Waals surface area contributed by atoms with Crippen LogP contribution in [0.5, 0.6) is 0 Å². The summed E-state index contributed by atoms with van der Waals surface area (Å²) in [6.45, 7) is 9.29. The number of hydrogen-bond acceptors (Lipinski definition) is 4. The zero-order valence-corrected chi connectivity index (χ0v) is 12.7. The monoisotopic (exact) mass is 284 g/mol. The molecule has 0 saturated heterocycles. The van der Waals surface area contributed by atoms with E-state index in [0.717, 1.165) is 11.1 Å². The Kier molecular flexibility index (Phi) is 4.95. The minimum Gasteiger partial charge on any atom is -0.598 e. The van der Waals surface area contributed by atoms with Crippen LogP contribution in [0.3, 0.4) is 0 Å². The van der Waals surface area contributed by atoms with Crippen molar-refractivity contribution in [2.45, 2.75) is 45.4 Å². The molecule has 0 radical (unpaired) electrons. The third-order valence-electron chi connectivity index (χ3n) is 2.64. The Bertz CT molecular complexity index is 471. The number of nitrogens with one attached hydrogen (secondary N) is 1. The highest BCUT2D eigenvalue weighted by Crippen LogP contribution is 2.24. The summed E-state index contributed by atoms with van der Waals surface area (Å²) in [5, 5.41) is 10.8. The lowest BCUT2D eigenvalue weighted by atomic mass is 10.1. The van der Waals surface area contributed by atoms with Gasteiger partial charge in [-0.15, -0.1) is 4.72 Å². The van der Waals surface area contributed by atoms with Gasteiger partial charge in [0.1, 0.15) is 4.75 Å². The standard InChI is InChI=1S/C13H20N2O3S/c1-9-6-11(8-12(7-9)15(16)17)10(2)14-19(18)13(3,4)5/h6-8,10,14H,1-5H3. The number of rotatable bonds is 4. The summed E-state index contributed by atoms with van der Waals surface area (Å²) >= 11 is -1.21. The van der Waals surface area contributed by atoms with E-state index >= 15 is 0 Å². The Labute approximate surface area is 116 Å². The van der Waals surface area contributed by atoms with Gasteiger partial charge in [0.15, 0.2) is 0 Å². The van der Waals surface area contributed by atoms with Gasteiger partial charge in [0.05, 0.1) is 11.0 Å². The summed E-state index contributed by atoms with van der Waals surface area (Å²) in [6, 6.07) is 4.70. The van der Waals surface area contributed by atoms with E-state index in [-0.39, 0.29) is 16.5 Å². The highest BCUT2D eigenvalue weighted by Gasteiger charge is 2.28. The van der Waals surface area contributed by atoms with E-state index in [1.807, 2.05) is 40.7 Å². The molecule has 106 valence electrons. The molecule has 6 heteroatoms. The van der Waals surface area contributed by atoms with E-state index in [0.29, 0.717) is 0 Å². The predicted molar refractivity (Wildman–Crippen MR) is 77.3 cm³/mol. The summed E-state index contributed by atoms with van der Waals surface area (Å²) in [4.78, 5) is 10.4. The molecule has 1 N–H and O–H groups in total. The Morgan fingerprint density at radius 1 is 1.32 bits per heavy atom. The molecule has 2 atom stereocenters. The van der Waals surface area contributed by atoms with Gasteiger partial charge in [-0.1, -0.05) is 6.07 Å². The van der Waals surface area contributed by atoms with E-state index in [4.69, 9.17) is 0 Å². The summed E-state index contributed by atoms with van der Waals surface area (Å²) < 4.78 is 14.6. The highest BCUT2D eigenvalue weighted by molar-refractivity contribution is 7.90. The quantitative estimate of drug-likeness (QED) is 0.523. The second kappa shape index (κ2) is 5.90. The van der Waals surface area contributed by atoms with Crippen molar-refractivity contribution in [2.24, 2.45) is 0 Å². The Balaban J connectivity index is 2.94. The topological polar surface area (TPSA) is 78.2 Å². The molecule has 19 heavy (non-hydrogen) atoms. The van der Waals surface area contributed by atoms with E-state index in [1.165, 1.54) is 12.1 Å². The van der Waals surface area contributed by atoms with Crippen LogP contribution in [0.4, 0.5) is 5.69 Å². The molecule has 5 nitrogen and oxygen atoms in total. The predicted octanol–water partition coefficient (Wildman–Crippen LogP) is 3.02. The van der Waals surface area contributed by atoms with Crippen LogP contribution in [-0.4, -0.2) is 14.2 Å². The van der Waals surface area contributed by atoms with Crippen LogP contribution in [0.2, 0.25) is 0 Å². The molecule has 2 unspecified atom stereocenters. The molecule has 0 bridgehead atoms. The highest BCUT2D eigenvalue weighted by atomic mass is 32.2. The molecule has 1 aromatic carbocycles. The van der Waals surface area contributed by atoms with E-state index in [9.17, 15) is 14.7 Å². The molecule has 0 aliphatic carbocycles. The van der Waals surface area contributed by atoms with Crippen LogP contribution in [0.15, 0.2) is 18.2 Å². The van der Waals surface area contributed by atoms with Crippen molar-refractivity contribution in [3.8, 4) is 0 Å². The Hall–Kier alpha value is -1.11. The Morgan fingerprint density at radius 3 is 2.37 bits per heavy atom. The normalized spacial score (nSPS) is 15.1. The molecule has 0 saturated carbocycles. The maximum absolute atomic E-state index is 12.0. The fourth-order valence-corrected chi connectivity index (χ4v) is 2.36. The van der Waals surface area contributed by atoms with Crippen LogP contribution in [-0.2, 0) is 11.4 Å². The summed E-state index contributed by atoms with van der Waals surface area (Å²) in [6.07, 6.45) is 0. The van der Waals surface area contributed by atoms with Crippen molar-refractivity contribution in [3.63, 3.8) is 0 Å². The number of nitro groups is 1. The summed E-state index contributed by atoms with van der Waals surface area (Å²) in [7, 11) is 0. The van der Waals surface area contributed by atoms with Crippen molar-refractivity contribution >= 4 is 17.0 Å². The minimum absolute atomic E-state index is 0.0604. The third-order valence-corrected chi connectivity index (χ3v) is 4.32. The fraction of sp³-hybridized carbons (Fsp3) is 0.538. The first-order chi connectivity index (χ1) is 8.61. The van der Waals surface area contributed by atoms with Gasteiger partial charge in [-0.05, 0) is 45.7 Å². The van der Waals surface area contributed by atoms with Gasteiger partial charge < -0.3 is 4.55 Å². The maximum Gasteiger partial charge on any atom is 0.270 e. The van der Waals surface area contributed by atoms with Gasteiger partial charge in [0, 0.05) is 23.5 Å². The molecule has 0 spiro atoms. The second-order valence-electron chi connectivity index (χ2n) is 5.58. The van der Waals surface area contributed by atoms with E-state index in [1.54, 1.807) is 0 Å². The SMILES string of the molecule is Cc1cc(C(C)N[S+]([O-])C(C)(C)C)cc([N+](=O)[O-])c1. The van der Waals surface area contributed by atoms with Crippen LogP contribution in [0, 0.1) is 17.0 Å². The van der Waals surface area contributed by atoms with Crippen LogP contribution in [0.25, 0.3) is 0 Å². The van der Waals surface area contributed by atoms with Crippen LogP contribution < -0.4 is 4.72 Å². The third kappa shape index (κ3) is 4.49. The average Bonchev–Trinajstić information content (AvgIpc) is 2.26. The zero-order chi connectivity index (χ0) is 14.8. The maximum atomic E-state index is 12.0. The van der Waals surface area contributed by atoms with E-state index < -0.39 is 16.3 Å². The van der Waals surface area contributed by atoms with Gasteiger partial charge in [0.25, 0.3) is 5.69 Å². The van der Waals surface area contributed by atoms with Crippen molar-refractivity contribution in [2.75, 3.05) is 0 Å². The number of nitrogens with zero attached hydrogens (tertiary/aromatic N) is 1. The lowest BCUT2D eigenvalue weighted by molar-refractivity contribution is -0.385. The molecule has 1 aromatic rings. The zero-order valence-electron chi connectivity index (χ0n) is 11.9. The van der Waals surface area contributed by atoms with Gasteiger partial charge in [-0.3, -0.25) is 10.1 Å². The number of nitro benzene ring substituents is 1. The first kappa shape index (κ1) is 15.9. The number of benzene rings is 1. The molecular formula is C13H20N2O3S. The Morgan fingerprint density at radius 2 is 1.89 bits per heavy atom. The van der Waals surface area contributed by atoms with Crippen molar-refractivity contribution < 1.29 is 9.48 Å². The number of aryl methyl sites for hydroxylation is 1. The molecule has 0 amide bonds. The van der Waals surface area contributed by atoms with E-state index in [2.05, 4.69) is 4.72 Å².